The van der Waals surface area contributed by atoms with Crippen molar-refractivity contribution < 1.29 is 9.18 Å². The van der Waals surface area contributed by atoms with Gasteiger partial charge in [0.1, 0.15) is 10.8 Å². The predicted molar refractivity (Wildman–Crippen MR) is 99.7 cm³/mol. The lowest BCUT2D eigenvalue weighted by Crippen LogP contribution is -2.36. The number of thiazole rings is 1. The van der Waals surface area contributed by atoms with E-state index in [2.05, 4.69) is 4.98 Å². The van der Waals surface area contributed by atoms with Crippen LogP contribution in [0, 0.1) is 5.82 Å². The molecule has 2 N–H and O–H groups in total. The van der Waals surface area contributed by atoms with Crippen LogP contribution in [-0.2, 0) is 4.79 Å². The van der Waals surface area contributed by atoms with Crippen molar-refractivity contribution in [3.8, 4) is 10.6 Å². The maximum Gasteiger partial charge on any atom is 0.266 e. The Bertz CT molecular complexity index is 924. The van der Waals surface area contributed by atoms with Crippen LogP contribution in [-0.4, -0.2) is 10.9 Å². The van der Waals surface area contributed by atoms with Gasteiger partial charge in [-0.15, -0.1) is 11.3 Å². The molecule has 3 aromatic rings. The van der Waals surface area contributed by atoms with Crippen LogP contribution in [0.4, 0.5) is 10.2 Å². The van der Waals surface area contributed by atoms with Gasteiger partial charge in [-0.05, 0) is 24.3 Å². The molecule has 0 saturated carbocycles. The molecule has 0 atom stereocenters. The van der Waals surface area contributed by atoms with Crippen LogP contribution in [0.25, 0.3) is 16.6 Å². The van der Waals surface area contributed by atoms with Crippen molar-refractivity contribution in [2.45, 2.75) is 0 Å². The van der Waals surface area contributed by atoms with E-state index in [1.165, 1.54) is 29.6 Å². The largest absolute Gasteiger partial charge is 0.268 e. The molecule has 126 valence electrons. The Labute approximate surface area is 153 Å². The molecule has 0 aliphatic rings. The van der Waals surface area contributed by atoms with Crippen LogP contribution in [0.15, 0.2) is 60.0 Å². The zero-order valence-electron chi connectivity index (χ0n) is 12.9. The number of amides is 1. The van der Waals surface area contributed by atoms with Gasteiger partial charge >= 0.3 is 0 Å². The summed E-state index contributed by atoms with van der Waals surface area (Å²) in [5, 5.41) is 3.95. The number of hydrogen-bond donors (Lipinski definition) is 1. The molecule has 4 nitrogen and oxygen atoms in total. The van der Waals surface area contributed by atoms with Crippen LogP contribution in [0.2, 0.25) is 5.02 Å². The maximum absolute atomic E-state index is 13.6. The fourth-order valence-electron chi connectivity index (χ4n) is 2.07. The monoisotopic (exact) mass is 373 g/mol. The first kappa shape index (κ1) is 17.3. The SMILES string of the molecule is NN(C(=O)C=Cc1ccccc1F)c1csc(-c2ccc(Cl)cc2)n1. The fourth-order valence-corrected chi connectivity index (χ4v) is 2.99. The third-order valence-electron chi connectivity index (χ3n) is 3.38. The van der Waals surface area contributed by atoms with Crippen LogP contribution in [0.1, 0.15) is 5.56 Å². The van der Waals surface area contributed by atoms with E-state index < -0.39 is 11.7 Å². The Hall–Kier alpha value is -2.54. The number of nitrogens with zero attached hydrogens (tertiary/aromatic N) is 2. The van der Waals surface area contributed by atoms with Gasteiger partial charge in [0.2, 0.25) is 0 Å². The highest BCUT2D eigenvalue weighted by Gasteiger charge is 2.13. The van der Waals surface area contributed by atoms with Gasteiger partial charge in [-0.3, -0.25) is 4.79 Å². The smallest absolute Gasteiger partial charge is 0.266 e. The van der Waals surface area contributed by atoms with Gasteiger partial charge in [0, 0.05) is 27.6 Å². The lowest BCUT2D eigenvalue weighted by atomic mass is 10.2. The Kier molecular flexibility index (Phi) is 5.23. The third kappa shape index (κ3) is 4.11. The van der Waals surface area contributed by atoms with E-state index in [4.69, 9.17) is 17.4 Å². The van der Waals surface area contributed by atoms with Crippen molar-refractivity contribution in [2.75, 3.05) is 5.01 Å². The number of nitrogens with two attached hydrogens (primary N) is 1. The average Bonchev–Trinajstić information content (AvgIpc) is 3.11. The second-order valence-electron chi connectivity index (χ2n) is 5.08. The van der Waals surface area contributed by atoms with Crippen molar-refractivity contribution in [3.63, 3.8) is 0 Å². The molecule has 1 aromatic heterocycles. The highest BCUT2D eigenvalue weighted by Crippen LogP contribution is 2.28. The number of carbonyl (C=O) groups is 1. The lowest BCUT2D eigenvalue weighted by molar-refractivity contribution is -0.114. The van der Waals surface area contributed by atoms with Gasteiger partial charge in [-0.25, -0.2) is 20.2 Å². The Morgan fingerprint density at radius 1 is 1.20 bits per heavy atom. The highest BCUT2D eigenvalue weighted by atomic mass is 35.5. The second kappa shape index (κ2) is 7.57. The van der Waals surface area contributed by atoms with E-state index >= 15 is 0 Å². The Morgan fingerprint density at radius 2 is 1.92 bits per heavy atom. The molecule has 25 heavy (non-hydrogen) atoms. The number of hydrazine groups is 1. The number of rotatable bonds is 4. The molecule has 1 heterocycles. The number of aromatic nitrogens is 1. The zero-order chi connectivity index (χ0) is 17.8. The molecular weight excluding hydrogens is 361 g/mol. The summed E-state index contributed by atoms with van der Waals surface area (Å²) in [4.78, 5) is 16.5. The molecule has 1 amide bonds. The van der Waals surface area contributed by atoms with Gasteiger partial charge in [0.05, 0.1) is 0 Å². The van der Waals surface area contributed by atoms with E-state index in [9.17, 15) is 9.18 Å². The molecule has 7 heteroatoms. The standard InChI is InChI=1S/C18H13ClFN3OS/c19-14-8-5-13(6-9-14)18-22-16(11-25-18)23(21)17(24)10-7-12-3-1-2-4-15(12)20/h1-11H,21H2. The van der Waals surface area contributed by atoms with Crippen LogP contribution < -0.4 is 10.9 Å². The number of carbonyl (C=O) groups excluding carboxylic acids is 1. The zero-order valence-corrected chi connectivity index (χ0v) is 14.5. The summed E-state index contributed by atoms with van der Waals surface area (Å²) >= 11 is 7.23. The van der Waals surface area contributed by atoms with Crippen molar-refractivity contribution in [1.29, 1.82) is 0 Å². The highest BCUT2D eigenvalue weighted by molar-refractivity contribution is 7.13. The minimum Gasteiger partial charge on any atom is -0.268 e. The van der Waals surface area contributed by atoms with E-state index in [0.29, 0.717) is 21.4 Å². The van der Waals surface area contributed by atoms with Crippen molar-refractivity contribution >= 4 is 40.7 Å². The minimum absolute atomic E-state index is 0.310. The average molecular weight is 374 g/mol. The fraction of sp³-hybridized carbons (Fsp3) is 0. The third-order valence-corrected chi connectivity index (χ3v) is 4.51. The first-order valence-electron chi connectivity index (χ1n) is 7.27. The van der Waals surface area contributed by atoms with Crippen molar-refractivity contribution in [2.24, 2.45) is 5.84 Å². The summed E-state index contributed by atoms with van der Waals surface area (Å²) < 4.78 is 13.6. The molecule has 0 spiro atoms. The van der Waals surface area contributed by atoms with E-state index in [1.807, 2.05) is 12.1 Å². The molecule has 0 radical (unpaired) electrons. The Morgan fingerprint density at radius 3 is 2.64 bits per heavy atom. The molecular formula is C18H13ClFN3OS. The summed E-state index contributed by atoms with van der Waals surface area (Å²) in [7, 11) is 0. The van der Waals surface area contributed by atoms with Gasteiger partial charge in [0.15, 0.2) is 5.82 Å². The van der Waals surface area contributed by atoms with E-state index in [0.717, 1.165) is 10.6 Å². The molecule has 0 fully saturated rings. The van der Waals surface area contributed by atoms with Crippen LogP contribution >= 0.6 is 22.9 Å². The van der Waals surface area contributed by atoms with Gasteiger partial charge < -0.3 is 0 Å². The Balaban J connectivity index is 1.74. The molecule has 0 bridgehead atoms. The first-order valence-corrected chi connectivity index (χ1v) is 8.53. The molecule has 0 saturated heterocycles. The summed E-state index contributed by atoms with van der Waals surface area (Å²) in [5.74, 6) is 5.22. The molecule has 3 rings (SSSR count). The minimum atomic E-state index is -0.504. The first-order chi connectivity index (χ1) is 12.0. The van der Waals surface area contributed by atoms with Gasteiger partial charge in [0.25, 0.3) is 5.91 Å². The predicted octanol–water partition coefficient (Wildman–Crippen LogP) is 4.52. The quantitative estimate of drug-likeness (QED) is 0.316. The van der Waals surface area contributed by atoms with Crippen molar-refractivity contribution in [1.82, 2.24) is 4.98 Å². The lowest BCUT2D eigenvalue weighted by Gasteiger charge is -2.10. The van der Waals surface area contributed by atoms with Gasteiger partial charge in [-0.2, -0.15) is 0 Å². The number of hydrogen-bond acceptors (Lipinski definition) is 4. The summed E-state index contributed by atoms with van der Waals surface area (Å²) in [6, 6.07) is 13.4. The number of anilines is 1. The number of halogens is 2. The summed E-state index contributed by atoms with van der Waals surface area (Å²) in [5.41, 5.74) is 1.19. The molecule has 0 aliphatic carbocycles. The van der Waals surface area contributed by atoms with Gasteiger partial charge in [-0.1, -0.05) is 41.9 Å². The molecule has 0 aliphatic heterocycles. The molecule has 0 unspecified atom stereocenters. The van der Waals surface area contributed by atoms with Crippen LogP contribution in [0.3, 0.4) is 0 Å². The normalized spacial score (nSPS) is 11.0. The summed E-state index contributed by atoms with van der Waals surface area (Å²) in [6.07, 6.45) is 2.59. The van der Waals surface area contributed by atoms with Crippen molar-refractivity contribution in [3.05, 3.63) is 76.4 Å². The maximum atomic E-state index is 13.6. The van der Waals surface area contributed by atoms with Crippen LogP contribution in [0.5, 0.6) is 0 Å². The summed E-state index contributed by atoms with van der Waals surface area (Å²) in [6.45, 7) is 0. The molecule has 2 aromatic carbocycles. The van der Waals surface area contributed by atoms with E-state index in [-0.39, 0.29) is 0 Å². The second-order valence-corrected chi connectivity index (χ2v) is 6.38. The topological polar surface area (TPSA) is 59.2 Å². The number of benzene rings is 2. The van der Waals surface area contributed by atoms with E-state index in [1.54, 1.807) is 35.7 Å².